The Hall–Kier alpha value is -1.59. The number of para-hydroxylation sites is 2. The number of fused-ring (bicyclic) bond motifs is 1. The largest absolute Gasteiger partial charge is 0.341 e. The molecule has 1 atom stereocenters. The van der Waals surface area contributed by atoms with Gasteiger partial charge in [0.2, 0.25) is 5.91 Å². The van der Waals surface area contributed by atoms with Gasteiger partial charge in [0, 0.05) is 25.6 Å². The molecule has 2 N–H and O–H groups in total. The molecule has 132 valence electrons. The number of aryl methyl sites for hydroxylation is 1. The van der Waals surface area contributed by atoms with Crippen LogP contribution in [-0.4, -0.2) is 39.5 Å². The second kappa shape index (κ2) is 7.99. The van der Waals surface area contributed by atoms with Crippen LogP contribution in [0.1, 0.15) is 45.0 Å². The molecule has 0 unspecified atom stereocenters. The van der Waals surface area contributed by atoms with Crippen molar-refractivity contribution in [2.45, 2.75) is 51.6 Å². The van der Waals surface area contributed by atoms with Crippen molar-refractivity contribution in [2.75, 3.05) is 13.1 Å². The average molecular weight is 351 g/mol. The average Bonchev–Trinajstić information content (AvgIpc) is 2.99. The van der Waals surface area contributed by atoms with Crippen molar-refractivity contribution >= 4 is 29.3 Å². The van der Waals surface area contributed by atoms with Crippen LogP contribution in [0.25, 0.3) is 11.0 Å². The lowest BCUT2D eigenvalue weighted by Crippen LogP contribution is -2.47. The van der Waals surface area contributed by atoms with E-state index in [-0.39, 0.29) is 24.4 Å². The smallest absolute Gasteiger partial charge is 0.239 e. The Morgan fingerprint density at radius 1 is 1.29 bits per heavy atom. The van der Waals surface area contributed by atoms with Crippen molar-refractivity contribution in [1.29, 1.82) is 0 Å². The van der Waals surface area contributed by atoms with Gasteiger partial charge in [0.15, 0.2) is 0 Å². The number of aromatic nitrogens is 2. The van der Waals surface area contributed by atoms with Gasteiger partial charge in [-0.25, -0.2) is 4.98 Å². The Kier molecular flexibility index (Phi) is 6.24. The number of amides is 1. The van der Waals surface area contributed by atoms with Gasteiger partial charge < -0.3 is 15.2 Å². The van der Waals surface area contributed by atoms with Crippen LogP contribution in [0.5, 0.6) is 0 Å². The third kappa shape index (κ3) is 3.42. The maximum atomic E-state index is 12.2. The Balaban J connectivity index is 0.00000208. The summed E-state index contributed by atoms with van der Waals surface area (Å²) in [6, 6.07) is 8.38. The van der Waals surface area contributed by atoms with Crippen LogP contribution in [0.3, 0.4) is 0 Å². The molecule has 0 saturated carbocycles. The molecule has 1 aromatic heterocycles. The summed E-state index contributed by atoms with van der Waals surface area (Å²) in [5.74, 6) is 1.23. The fourth-order valence-corrected chi connectivity index (χ4v) is 3.50. The van der Waals surface area contributed by atoms with E-state index >= 15 is 0 Å². The van der Waals surface area contributed by atoms with Crippen LogP contribution in [0.15, 0.2) is 24.3 Å². The molecule has 0 radical (unpaired) electrons. The molecule has 3 rings (SSSR count). The zero-order valence-corrected chi connectivity index (χ0v) is 15.3. The fraction of sp³-hybridized carbons (Fsp3) is 0.556. The van der Waals surface area contributed by atoms with E-state index in [1.54, 1.807) is 0 Å². The van der Waals surface area contributed by atoms with Crippen LogP contribution >= 0.6 is 12.4 Å². The van der Waals surface area contributed by atoms with Crippen molar-refractivity contribution in [3.63, 3.8) is 0 Å². The van der Waals surface area contributed by atoms with Gasteiger partial charge in [-0.3, -0.25) is 4.79 Å². The van der Waals surface area contributed by atoms with E-state index in [0.29, 0.717) is 12.5 Å². The van der Waals surface area contributed by atoms with Gasteiger partial charge in [0.1, 0.15) is 5.82 Å². The van der Waals surface area contributed by atoms with E-state index in [0.717, 1.165) is 43.7 Å². The maximum absolute atomic E-state index is 12.2. The number of hydrogen-bond acceptors (Lipinski definition) is 3. The van der Waals surface area contributed by atoms with E-state index < -0.39 is 0 Å². The SMILES string of the molecule is CCc1nc2ccccc2n1C1CCN(C(=O)[C@H](N)CC)CC1.Cl. The summed E-state index contributed by atoms with van der Waals surface area (Å²) in [5, 5.41) is 0. The molecule has 6 heteroatoms. The molecule has 1 fully saturated rings. The van der Waals surface area contributed by atoms with E-state index in [4.69, 9.17) is 10.7 Å². The number of benzene rings is 1. The number of carbonyl (C=O) groups is 1. The number of halogens is 1. The van der Waals surface area contributed by atoms with E-state index in [2.05, 4.69) is 29.7 Å². The Morgan fingerprint density at radius 3 is 2.58 bits per heavy atom. The highest BCUT2D eigenvalue weighted by molar-refractivity contribution is 5.85. The van der Waals surface area contributed by atoms with Crippen LogP contribution in [-0.2, 0) is 11.2 Å². The number of piperidine rings is 1. The molecule has 0 spiro atoms. The first-order valence-corrected chi connectivity index (χ1v) is 8.65. The van der Waals surface area contributed by atoms with Crippen molar-refractivity contribution < 1.29 is 4.79 Å². The molecule has 1 amide bonds. The van der Waals surface area contributed by atoms with Crippen LogP contribution in [0.2, 0.25) is 0 Å². The van der Waals surface area contributed by atoms with Gasteiger partial charge in [-0.05, 0) is 31.4 Å². The van der Waals surface area contributed by atoms with Crippen molar-refractivity contribution in [2.24, 2.45) is 5.73 Å². The lowest BCUT2D eigenvalue weighted by molar-refractivity contribution is -0.133. The highest BCUT2D eigenvalue weighted by Crippen LogP contribution is 2.29. The van der Waals surface area contributed by atoms with Crippen LogP contribution < -0.4 is 5.73 Å². The Morgan fingerprint density at radius 2 is 1.96 bits per heavy atom. The molecular weight excluding hydrogens is 324 g/mol. The normalized spacial score (nSPS) is 16.9. The fourth-order valence-electron chi connectivity index (χ4n) is 3.50. The van der Waals surface area contributed by atoms with Gasteiger partial charge in [-0.2, -0.15) is 0 Å². The van der Waals surface area contributed by atoms with Gasteiger partial charge in [-0.15, -0.1) is 12.4 Å². The van der Waals surface area contributed by atoms with Gasteiger partial charge in [0.25, 0.3) is 0 Å². The molecule has 24 heavy (non-hydrogen) atoms. The monoisotopic (exact) mass is 350 g/mol. The maximum Gasteiger partial charge on any atom is 0.239 e. The second-order valence-corrected chi connectivity index (χ2v) is 6.31. The highest BCUT2D eigenvalue weighted by atomic mass is 35.5. The van der Waals surface area contributed by atoms with E-state index in [9.17, 15) is 4.79 Å². The number of carbonyl (C=O) groups excluding carboxylic acids is 1. The first-order chi connectivity index (χ1) is 11.2. The molecule has 5 nitrogen and oxygen atoms in total. The molecule has 2 aromatic rings. The van der Waals surface area contributed by atoms with E-state index in [1.807, 2.05) is 17.9 Å². The molecule has 2 heterocycles. The first-order valence-electron chi connectivity index (χ1n) is 8.65. The van der Waals surface area contributed by atoms with Gasteiger partial charge >= 0.3 is 0 Å². The molecule has 1 aliphatic heterocycles. The summed E-state index contributed by atoms with van der Waals surface area (Å²) in [6.07, 6.45) is 3.56. The third-order valence-corrected chi connectivity index (χ3v) is 4.88. The number of rotatable bonds is 4. The summed E-state index contributed by atoms with van der Waals surface area (Å²) >= 11 is 0. The molecular formula is C18H27ClN4O. The quantitative estimate of drug-likeness (QED) is 0.922. The summed E-state index contributed by atoms with van der Waals surface area (Å²) in [7, 11) is 0. The number of nitrogens with two attached hydrogens (primary N) is 1. The molecule has 0 bridgehead atoms. The van der Waals surface area contributed by atoms with Crippen molar-refractivity contribution in [3.8, 4) is 0 Å². The number of hydrogen-bond donors (Lipinski definition) is 1. The summed E-state index contributed by atoms with van der Waals surface area (Å²) < 4.78 is 2.39. The van der Waals surface area contributed by atoms with Gasteiger partial charge in [0.05, 0.1) is 17.1 Å². The number of imidazole rings is 1. The Bertz CT molecular complexity index is 691. The predicted octanol–water partition coefficient (Wildman–Crippen LogP) is 2.92. The molecule has 1 aliphatic rings. The lowest BCUT2D eigenvalue weighted by atomic mass is 10.0. The minimum absolute atomic E-state index is 0. The summed E-state index contributed by atoms with van der Waals surface area (Å²) in [5.41, 5.74) is 8.16. The number of likely N-dealkylation sites (tertiary alicyclic amines) is 1. The second-order valence-electron chi connectivity index (χ2n) is 6.31. The lowest BCUT2D eigenvalue weighted by Gasteiger charge is -2.34. The van der Waals surface area contributed by atoms with Crippen LogP contribution in [0.4, 0.5) is 0 Å². The highest BCUT2D eigenvalue weighted by Gasteiger charge is 2.28. The Labute approximate surface area is 149 Å². The van der Waals surface area contributed by atoms with Crippen molar-refractivity contribution in [3.05, 3.63) is 30.1 Å². The summed E-state index contributed by atoms with van der Waals surface area (Å²) in [4.78, 5) is 18.9. The number of nitrogens with zero attached hydrogens (tertiary/aromatic N) is 3. The topological polar surface area (TPSA) is 64.2 Å². The minimum atomic E-state index is -0.355. The zero-order valence-electron chi connectivity index (χ0n) is 14.4. The summed E-state index contributed by atoms with van der Waals surface area (Å²) in [6.45, 7) is 5.68. The third-order valence-electron chi connectivity index (χ3n) is 4.88. The molecule has 1 aromatic carbocycles. The molecule has 0 aliphatic carbocycles. The van der Waals surface area contributed by atoms with Gasteiger partial charge in [-0.1, -0.05) is 26.0 Å². The van der Waals surface area contributed by atoms with E-state index in [1.165, 1.54) is 5.52 Å². The molecule has 1 saturated heterocycles. The van der Waals surface area contributed by atoms with Crippen LogP contribution in [0, 0.1) is 0 Å². The predicted molar refractivity (Wildman–Crippen MR) is 99.5 cm³/mol. The van der Waals surface area contributed by atoms with Crippen molar-refractivity contribution in [1.82, 2.24) is 14.5 Å². The first kappa shape index (κ1) is 18.7. The standard InChI is InChI=1S/C18H26N4O.ClH/c1-3-14(19)18(23)21-11-9-13(10-12-21)22-16-8-6-5-7-15(16)20-17(22)4-2;/h5-8,13-14H,3-4,9-12,19H2,1-2H3;1H/t14-;/m1./s1. The zero-order chi connectivity index (χ0) is 16.4. The minimum Gasteiger partial charge on any atom is -0.341 e.